The molecule has 0 unspecified atom stereocenters. The van der Waals surface area contributed by atoms with Gasteiger partial charge in [-0.1, -0.05) is 119 Å². The van der Waals surface area contributed by atoms with Crippen LogP contribution in [0.15, 0.2) is 0 Å². The van der Waals surface area contributed by atoms with E-state index in [9.17, 15) is 0 Å². The van der Waals surface area contributed by atoms with E-state index in [-0.39, 0.29) is 2.85 Å². The first-order valence-corrected chi connectivity index (χ1v) is 10.5. The van der Waals surface area contributed by atoms with Crippen LogP contribution < -0.4 is 0 Å². The minimum Gasteiger partial charge on any atom is -0.0654 e. The maximum Gasteiger partial charge on any atom is 0 e. The molecule has 2 aliphatic carbocycles. The molecule has 0 aromatic heterocycles. The smallest absolute Gasteiger partial charge is 0 e. The maximum atomic E-state index is 2.39. The largest absolute Gasteiger partial charge is 0.0654 e. The van der Waals surface area contributed by atoms with E-state index < -0.39 is 0 Å². The molecule has 0 aromatic carbocycles. The van der Waals surface area contributed by atoms with Crippen LogP contribution in [0.3, 0.4) is 0 Å². The fraction of sp³-hybridized carbons (Fsp3) is 1.00. The van der Waals surface area contributed by atoms with Gasteiger partial charge in [0.05, 0.1) is 0 Å². The molecule has 0 bridgehead atoms. The summed E-state index contributed by atoms with van der Waals surface area (Å²) in [6.07, 6.45) is 17.4. The molecule has 0 heterocycles. The number of rotatable bonds is 3. The minimum absolute atomic E-state index is 0. The van der Waals surface area contributed by atoms with Crippen LogP contribution in [0.4, 0.5) is 0 Å². The quantitative estimate of drug-likeness (QED) is 0.488. The first kappa shape index (κ1) is 22.0. The van der Waals surface area contributed by atoms with E-state index in [0.717, 1.165) is 23.7 Å². The maximum absolute atomic E-state index is 2.39. The van der Waals surface area contributed by atoms with Crippen molar-refractivity contribution in [1.82, 2.24) is 0 Å². The van der Waals surface area contributed by atoms with Crippen LogP contribution in [-0.4, -0.2) is 0 Å². The van der Waals surface area contributed by atoms with Crippen molar-refractivity contribution in [3.8, 4) is 0 Å². The summed E-state index contributed by atoms with van der Waals surface area (Å²) in [5.41, 5.74) is 0. The Morgan fingerprint density at radius 1 is 0.545 bits per heavy atom. The molecule has 0 aliphatic heterocycles. The average molecular weight is 315 g/mol. The Morgan fingerprint density at radius 2 is 0.864 bits per heavy atom. The van der Waals surface area contributed by atoms with Gasteiger partial charge in [-0.3, -0.25) is 0 Å². The van der Waals surface area contributed by atoms with Gasteiger partial charge in [0.15, 0.2) is 0 Å². The Hall–Kier alpha value is 0. The zero-order valence-electron chi connectivity index (χ0n) is 16.8. The van der Waals surface area contributed by atoms with Gasteiger partial charge in [-0.05, 0) is 23.7 Å². The molecule has 0 heteroatoms. The van der Waals surface area contributed by atoms with Gasteiger partial charge in [-0.2, -0.15) is 0 Å². The zero-order valence-corrected chi connectivity index (χ0v) is 16.8. The summed E-state index contributed by atoms with van der Waals surface area (Å²) in [4.78, 5) is 0. The van der Waals surface area contributed by atoms with E-state index in [2.05, 4.69) is 41.5 Å². The normalized spacial score (nSPS) is 31.4. The van der Waals surface area contributed by atoms with Crippen molar-refractivity contribution in [3.63, 3.8) is 0 Å². The summed E-state index contributed by atoms with van der Waals surface area (Å²) in [5.74, 6) is 4.15. The van der Waals surface area contributed by atoms with E-state index in [4.69, 9.17) is 0 Å². The highest BCUT2D eigenvalue weighted by Gasteiger charge is 2.16. The standard InChI is InChI=1S/C10H20.C8H16.C4H10.2H2/c1-3-4-10-7-5-9(2)6-8-10;1-7-3-5-8(2)6-4-7;1-3-4-2;;/h9-10H,3-8H2,1-2H3;7-8H,3-6H2,1-2H3;3-4H2,1-2H3;2*1H. The van der Waals surface area contributed by atoms with Crippen LogP contribution in [0.2, 0.25) is 0 Å². The third-order valence-corrected chi connectivity index (χ3v) is 5.64. The minimum atomic E-state index is 0. The lowest BCUT2D eigenvalue weighted by Gasteiger charge is -2.25. The molecule has 0 saturated heterocycles. The van der Waals surface area contributed by atoms with Crippen molar-refractivity contribution in [2.24, 2.45) is 23.7 Å². The van der Waals surface area contributed by atoms with Gasteiger partial charge in [0.25, 0.3) is 0 Å². The molecule has 0 amide bonds. The van der Waals surface area contributed by atoms with Crippen molar-refractivity contribution in [1.29, 1.82) is 0 Å². The van der Waals surface area contributed by atoms with E-state index >= 15 is 0 Å². The summed E-state index contributed by atoms with van der Waals surface area (Å²) < 4.78 is 0. The SMILES string of the molecule is CC1CCC(C)CC1.CCCC.CCCC1CCC(C)CC1.[HH].[HH]. The highest BCUT2D eigenvalue weighted by molar-refractivity contribution is 4.69. The predicted octanol–water partition coefficient (Wildman–Crippen LogP) is 8.74. The van der Waals surface area contributed by atoms with Gasteiger partial charge in [-0.15, -0.1) is 0 Å². The van der Waals surface area contributed by atoms with Crippen molar-refractivity contribution >= 4 is 0 Å². The average Bonchev–Trinajstić information content (AvgIpc) is 2.54. The van der Waals surface area contributed by atoms with Crippen LogP contribution in [0.25, 0.3) is 0 Å². The van der Waals surface area contributed by atoms with Gasteiger partial charge < -0.3 is 0 Å². The molecule has 2 saturated carbocycles. The second-order valence-electron chi connectivity index (χ2n) is 8.28. The monoisotopic (exact) mass is 314 g/mol. The van der Waals surface area contributed by atoms with Crippen molar-refractivity contribution in [3.05, 3.63) is 0 Å². The summed E-state index contributed by atoms with van der Waals surface area (Å²) in [6, 6.07) is 0. The van der Waals surface area contributed by atoms with Gasteiger partial charge >= 0.3 is 0 Å². The van der Waals surface area contributed by atoms with E-state index in [1.807, 2.05) is 0 Å². The van der Waals surface area contributed by atoms with Crippen molar-refractivity contribution < 1.29 is 2.85 Å². The lowest BCUT2D eigenvalue weighted by molar-refractivity contribution is 0.276. The molecular weight excluding hydrogens is 264 g/mol. The van der Waals surface area contributed by atoms with E-state index in [0.29, 0.717) is 0 Å². The molecule has 0 nitrogen and oxygen atoms in total. The van der Waals surface area contributed by atoms with E-state index in [1.165, 1.54) is 77.0 Å². The molecule has 2 fully saturated rings. The highest BCUT2D eigenvalue weighted by Crippen LogP contribution is 2.30. The second-order valence-corrected chi connectivity index (χ2v) is 8.28. The number of hydrogen-bond donors (Lipinski definition) is 0. The third kappa shape index (κ3) is 12.5. The molecular formula is C22H50. The molecule has 0 N–H and O–H groups in total. The fourth-order valence-electron chi connectivity index (χ4n) is 3.45. The molecule has 0 spiro atoms. The fourth-order valence-corrected chi connectivity index (χ4v) is 3.45. The first-order valence-electron chi connectivity index (χ1n) is 10.5. The van der Waals surface area contributed by atoms with Crippen LogP contribution in [-0.2, 0) is 0 Å². The summed E-state index contributed by atoms with van der Waals surface area (Å²) in [6.45, 7) is 13.8. The molecule has 2 aliphatic rings. The Balaban J connectivity index is -0.000000286. The topological polar surface area (TPSA) is 0 Å². The predicted molar refractivity (Wildman–Crippen MR) is 108 cm³/mol. The Labute approximate surface area is 145 Å². The zero-order chi connectivity index (χ0) is 16.8. The summed E-state index contributed by atoms with van der Waals surface area (Å²) in [5, 5.41) is 0. The molecule has 0 aromatic rings. The second kappa shape index (κ2) is 14.6. The van der Waals surface area contributed by atoms with Crippen LogP contribution in [0, 0.1) is 23.7 Å². The molecule has 22 heavy (non-hydrogen) atoms. The van der Waals surface area contributed by atoms with Crippen LogP contribution in [0.1, 0.15) is 121 Å². The molecule has 138 valence electrons. The summed E-state index contributed by atoms with van der Waals surface area (Å²) in [7, 11) is 0. The Morgan fingerprint density at radius 3 is 1.14 bits per heavy atom. The lowest BCUT2D eigenvalue weighted by atomic mass is 9.81. The molecule has 2 rings (SSSR count). The van der Waals surface area contributed by atoms with Crippen molar-refractivity contribution in [2.75, 3.05) is 0 Å². The van der Waals surface area contributed by atoms with Gasteiger partial charge in [0, 0.05) is 2.85 Å². The van der Waals surface area contributed by atoms with Crippen LogP contribution in [0.5, 0.6) is 0 Å². The highest BCUT2D eigenvalue weighted by atomic mass is 14.2. The van der Waals surface area contributed by atoms with Gasteiger partial charge in [-0.25, -0.2) is 0 Å². The Bertz CT molecular complexity index is 202. The third-order valence-electron chi connectivity index (χ3n) is 5.64. The Kier molecular flexibility index (Phi) is 14.6. The lowest BCUT2D eigenvalue weighted by Crippen LogP contribution is -2.11. The first-order chi connectivity index (χ1) is 10.5. The van der Waals surface area contributed by atoms with Gasteiger partial charge in [0.1, 0.15) is 0 Å². The molecule has 0 radical (unpaired) electrons. The number of unbranched alkanes of at least 4 members (excludes halogenated alkanes) is 1. The van der Waals surface area contributed by atoms with Crippen molar-refractivity contribution in [2.45, 2.75) is 119 Å². The number of hydrogen-bond acceptors (Lipinski definition) is 0. The molecule has 0 atom stereocenters. The van der Waals surface area contributed by atoms with Gasteiger partial charge in [0.2, 0.25) is 0 Å². The summed E-state index contributed by atoms with van der Waals surface area (Å²) >= 11 is 0. The van der Waals surface area contributed by atoms with E-state index in [1.54, 1.807) is 0 Å². The van der Waals surface area contributed by atoms with Crippen LogP contribution >= 0.6 is 0 Å².